The standard InChI is InChI=1S/C12H16O2/c1-10-5-12(3)8-7(10)9(13)14-6(10)4-11(8,12)2/h6-8H,4-5H2,1-3H3/t6-,7-,8+,10+,11-,12+/m0/s1. The van der Waals surface area contributed by atoms with Crippen molar-refractivity contribution in [2.75, 3.05) is 0 Å². The third kappa shape index (κ3) is 0.440. The molecule has 6 atom stereocenters. The predicted molar refractivity (Wildman–Crippen MR) is 50.4 cm³/mol. The van der Waals surface area contributed by atoms with Gasteiger partial charge in [-0.25, -0.2) is 0 Å². The molecule has 5 aliphatic rings. The Morgan fingerprint density at radius 3 is 2.71 bits per heavy atom. The van der Waals surface area contributed by atoms with E-state index in [1.165, 1.54) is 6.42 Å². The molecule has 0 N–H and O–H groups in total. The Hall–Kier alpha value is -0.530. The average molecular weight is 192 g/mol. The summed E-state index contributed by atoms with van der Waals surface area (Å²) >= 11 is 0. The maximum atomic E-state index is 11.8. The zero-order valence-corrected chi connectivity index (χ0v) is 8.96. The minimum absolute atomic E-state index is 0.104. The van der Waals surface area contributed by atoms with Gasteiger partial charge in [-0.3, -0.25) is 4.79 Å². The van der Waals surface area contributed by atoms with Crippen LogP contribution in [0.4, 0.5) is 0 Å². The Bertz CT molecular complexity index is 369. The highest BCUT2D eigenvalue weighted by molar-refractivity contribution is 5.80. The molecule has 14 heavy (non-hydrogen) atoms. The number of ether oxygens (including phenoxy) is 1. The van der Waals surface area contributed by atoms with Gasteiger partial charge in [0.25, 0.3) is 0 Å². The van der Waals surface area contributed by atoms with Gasteiger partial charge in [-0.2, -0.15) is 0 Å². The van der Waals surface area contributed by atoms with Crippen LogP contribution >= 0.6 is 0 Å². The van der Waals surface area contributed by atoms with Gasteiger partial charge in [0.2, 0.25) is 0 Å². The van der Waals surface area contributed by atoms with Crippen LogP contribution in [0.5, 0.6) is 0 Å². The molecule has 1 aliphatic heterocycles. The highest BCUT2D eigenvalue weighted by Crippen LogP contribution is 2.89. The van der Waals surface area contributed by atoms with Crippen molar-refractivity contribution in [3.05, 3.63) is 0 Å². The van der Waals surface area contributed by atoms with E-state index in [4.69, 9.17) is 4.74 Å². The lowest BCUT2D eigenvalue weighted by atomic mass is 9.60. The molecule has 0 radical (unpaired) electrons. The summed E-state index contributed by atoms with van der Waals surface area (Å²) in [5, 5.41) is 0. The van der Waals surface area contributed by atoms with E-state index in [0.29, 0.717) is 16.7 Å². The molecule has 6 bridgehead atoms. The second-order valence-corrected chi connectivity index (χ2v) is 6.60. The number of carbonyl (C=O) groups is 1. The fraction of sp³-hybridized carbons (Fsp3) is 0.917. The molecule has 0 aromatic rings. The lowest BCUT2D eigenvalue weighted by molar-refractivity contribution is -0.144. The van der Waals surface area contributed by atoms with Crippen LogP contribution in [0.25, 0.3) is 0 Å². The number of hydrogen-bond donors (Lipinski definition) is 0. The highest BCUT2D eigenvalue weighted by atomic mass is 16.6. The van der Waals surface area contributed by atoms with E-state index in [9.17, 15) is 4.79 Å². The minimum Gasteiger partial charge on any atom is -0.462 e. The zero-order valence-electron chi connectivity index (χ0n) is 8.96. The van der Waals surface area contributed by atoms with Gasteiger partial charge in [-0.1, -0.05) is 20.8 Å². The predicted octanol–water partition coefficient (Wildman–Crippen LogP) is 1.98. The molecule has 0 amide bonds. The third-order valence-corrected chi connectivity index (χ3v) is 6.24. The number of rotatable bonds is 0. The molecule has 1 heterocycles. The Balaban J connectivity index is 1.96. The van der Waals surface area contributed by atoms with E-state index in [0.717, 1.165) is 6.42 Å². The van der Waals surface area contributed by atoms with E-state index in [-0.39, 0.29) is 23.4 Å². The summed E-state index contributed by atoms with van der Waals surface area (Å²) in [5.74, 6) is 0.968. The van der Waals surface area contributed by atoms with Crippen LogP contribution in [0.15, 0.2) is 0 Å². The van der Waals surface area contributed by atoms with E-state index >= 15 is 0 Å². The first-order valence-electron chi connectivity index (χ1n) is 5.64. The van der Waals surface area contributed by atoms with E-state index < -0.39 is 0 Å². The molecule has 0 spiro atoms. The summed E-state index contributed by atoms with van der Waals surface area (Å²) in [4.78, 5) is 11.8. The number of esters is 1. The molecule has 2 nitrogen and oxygen atoms in total. The van der Waals surface area contributed by atoms with Crippen LogP contribution in [-0.2, 0) is 9.53 Å². The first-order valence-corrected chi connectivity index (χ1v) is 5.64. The summed E-state index contributed by atoms with van der Waals surface area (Å²) in [6, 6.07) is 0. The van der Waals surface area contributed by atoms with Gasteiger partial charge in [0.15, 0.2) is 0 Å². The van der Waals surface area contributed by atoms with Gasteiger partial charge in [0, 0.05) is 5.41 Å². The van der Waals surface area contributed by atoms with Crippen molar-refractivity contribution >= 4 is 5.97 Å². The lowest BCUT2D eigenvalue weighted by Crippen LogP contribution is -2.43. The summed E-state index contributed by atoms with van der Waals surface area (Å²) in [7, 11) is 0. The molecule has 0 aromatic carbocycles. The first kappa shape index (κ1) is 7.72. The van der Waals surface area contributed by atoms with Crippen molar-refractivity contribution < 1.29 is 9.53 Å². The smallest absolute Gasteiger partial charge is 0.310 e. The number of hydrogen-bond acceptors (Lipinski definition) is 2. The Labute approximate surface area is 84.0 Å². The normalized spacial score (nSPS) is 72.2. The largest absolute Gasteiger partial charge is 0.462 e. The van der Waals surface area contributed by atoms with Crippen molar-refractivity contribution in [1.29, 1.82) is 0 Å². The molecule has 4 aliphatic carbocycles. The van der Waals surface area contributed by atoms with Crippen molar-refractivity contribution in [2.45, 2.75) is 39.7 Å². The van der Waals surface area contributed by atoms with Crippen LogP contribution in [0.2, 0.25) is 0 Å². The van der Waals surface area contributed by atoms with Gasteiger partial charge < -0.3 is 4.74 Å². The maximum absolute atomic E-state index is 11.8. The van der Waals surface area contributed by atoms with E-state index in [2.05, 4.69) is 20.8 Å². The summed E-state index contributed by atoms with van der Waals surface area (Å²) in [6.07, 6.45) is 2.56. The molecule has 0 aromatic heterocycles. The monoisotopic (exact) mass is 192 g/mol. The second-order valence-electron chi connectivity index (χ2n) is 6.60. The molecular weight excluding hydrogens is 176 g/mol. The van der Waals surface area contributed by atoms with Gasteiger partial charge in [0.05, 0.1) is 5.92 Å². The molecule has 1 saturated heterocycles. The fourth-order valence-corrected chi connectivity index (χ4v) is 5.42. The first-order chi connectivity index (χ1) is 6.43. The van der Waals surface area contributed by atoms with Crippen molar-refractivity contribution in [3.63, 3.8) is 0 Å². The Morgan fingerprint density at radius 2 is 2.00 bits per heavy atom. The zero-order chi connectivity index (χ0) is 9.93. The van der Waals surface area contributed by atoms with Gasteiger partial charge in [-0.05, 0) is 29.6 Å². The molecule has 0 unspecified atom stereocenters. The molecule has 5 rings (SSSR count). The minimum atomic E-state index is 0.104. The summed E-state index contributed by atoms with van der Waals surface area (Å²) in [6.45, 7) is 7.01. The van der Waals surface area contributed by atoms with Gasteiger partial charge in [-0.15, -0.1) is 0 Å². The molecular formula is C12H16O2. The van der Waals surface area contributed by atoms with Crippen LogP contribution < -0.4 is 0 Å². The third-order valence-electron chi connectivity index (χ3n) is 6.24. The van der Waals surface area contributed by atoms with Crippen molar-refractivity contribution in [3.8, 4) is 0 Å². The fourth-order valence-electron chi connectivity index (χ4n) is 5.42. The Kier molecular flexibility index (Phi) is 0.858. The summed E-state index contributed by atoms with van der Waals surface area (Å²) in [5.41, 5.74) is 1.07. The quantitative estimate of drug-likeness (QED) is 0.549. The second kappa shape index (κ2) is 1.56. The molecule has 5 fully saturated rings. The van der Waals surface area contributed by atoms with Crippen molar-refractivity contribution in [1.82, 2.24) is 0 Å². The van der Waals surface area contributed by atoms with E-state index in [1.807, 2.05) is 0 Å². The van der Waals surface area contributed by atoms with Crippen LogP contribution in [0.1, 0.15) is 33.6 Å². The number of carbonyl (C=O) groups excluding carboxylic acids is 1. The lowest BCUT2D eigenvalue weighted by Gasteiger charge is -2.42. The van der Waals surface area contributed by atoms with E-state index in [1.54, 1.807) is 0 Å². The molecule has 76 valence electrons. The SMILES string of the molecule is C[C@]12C[C@]3(C)[C@@H]4[C@H]1C(=O)O[C@H]2C[C@@]43C. The highest BCUT2D eigenvalue weighted by Gasteiger charge is 2.88. The van der Waals surface area contributed by atoms with Crippen molar-refractivity contribution in [2.24, 2.45) is 28.1 Å². The van der Waals surface area contributed by atoms with Crippen LogP contribution in [0.3, 0.4) is 0 Å². The van der Waals surface area contributed by atoms with Gasteiger partial charge in [0.1, 0.15) is 6.10 Å². The van der Waals surface area contributed by atoms with Crippen LogP contribution in [-0.4, -0.2) is 12.1 Å². The van der Waals surface area contributed by atoms with Gasteiger partial charge >= 0.3 is 5.97 Å². The average Bonchev–Trinajstić information content (AvgIpc) is 2.31. The topological polar surface area (TPSA) is 26.3 Å². The maximum Gasteiger partial charge on any atom is 0.310 e. The Morgan fingerprint density at radius 1 is 1.29 bits per heavy atom. The molecule has 2 heteroatoms. The summed E-state index contributed by atoms with van der Waals surface area (Å²) < 4.78 is 5.51. The van der Waals surface area contributed by atoms with Crippen LogP contribution in [0, 0.1) is 28.1 Å². The molecule has 4 saturated carbocycles.